The van der Waals surface area contributed by atoms with Crippen LogP contribution in [0.25, 0.3) is 0 Å². The van der Waals surface area contributed by atoms with Gasteiger partial charge in [0.15, 0.2) is 6.61 Å². The van der Waals surface area contributed by atoms with Crippen molar-refractivity contribution < 1.29 is 23.9 Å². The van der Waals surface area contributed by atoms with E-state index in [2.05, 4.69) is 10.3 Å². The van der Waals surface area contributed by atoms with Crippen molar-refractivity contribution in [1.29, 1.82) is 0 Å². The summed E-state index contributed by atoms with van der Waals surface area (Å²) in [6.07, 6.45) is 6.89. The number of hydrogen-bond donors (Lipinski definition) is 1. The fraction of sp³-hybridized carbons (Fsp3) is 0.400. The van der Waals surface area contributed by atoms with Crippen molar-refractivity contribution in [2.75, 3.05) is 13.2 Å². The first-order chi connectivity index (χ1) is 16.5. The molecule has 9 heteroatoms. The van der Waals surface area contributed by atoms with Gasteiger partial charge in [-0.05, 0) is 49.4 Å². The summed E-state index contributed by atoms with van der Waals surface area (Å²) in [5.41, 5.74) is 2.13. The van der Waals surface area contributed by atoms with E-state index < -0.39 is 11.9 Å². The number of imide groups is 1. The number of likely N-dealkylation sites (tertiary alicyclic amines) is 1. The maximum Gasteiger partial charge on any atom is 0.261 e. The molecule has 1 aromatic heterocycles. The fourth-order valence-electron chi connectivity index (χ4n) is 5.06. The Morgan fingerprint density at radius 1 is 1.09 bits per heavy atom. The number of hydrogen-bond acceptors (Lipinski definition) is 6. The van der Waals surface area contributed by atoms with E-state index in [-0.39, 0.29) is 43.3 Å². The first kappa shape index (κ1) is 22.1. The van der Waals surface area contributed by atoms with E-state index in [4.69, 9.17) is 4.74 Å². The molecule has 2 atom stereocenters. The molecule has 0 radical (unpaired) electrons. The number of nitrogens with zero attached hydrogens (tertiary/aromatic N) is 3. The summed E-state index contributed by atoms with van der Waals surface area (Å²) in [6.45, 7) is 0.725. The maximum absolute atomic E-state index is 13.1. The van der Waals surface area contributed by atoms with Gasteiger partial charge >= 0.3 is 0 Å². The quantitative estimate of drug-likeness (QED) is 0.681. The van der Waals surface area contributed by atoms with Crippen LogP contribution in [0, 0.1) is 0 Å². The molecule has 1 aromatic carbocycles. The number of pyridine rings is 1. The van der Waals surface area contributed by atoms with Crippen LogP contribution in [0.2, 0.25) is 0 Å². The summed E-state index contributed by atoms with van der Waals surface area (Å²) in [4.78, 5) is 57.4. The second-order valence-corrected chi connectivity index (χ2v) is 8.86. The van der Waals surface area contributed by atoms with E-state index >= 15 is 0 Å². The van der Waals surface area contributed by atoms with Crippen LogP contribution in [-0.4, -0.2) is 57.6 Å². The number of ether oxygens (including phenoxy) is 1. The lowest BCUT2D eigenvalue weighted by molar-refractivity contribution is -0.138. The lowest BCUT2D eigenvalue weighted by atomic mass is 9.96. The first-order valence-electron chi connectivity index (χ1n) is 11.6. The third-order valence-electron chi connectivity index (χ3n) is 6.78. The minimum atomic E-state index is -0.694. The molecule has 34 heavy (non-hydrogen) atoms. The van der Waals surface area contributed by atoms with Crippen molar-refractivity contribution in [3.63, 3.8) is 0 Å². The Morgan fingerprint density at radius 2 is 1.97 bits per heavy atom. The molecule has 9 nitrogen and oxygen atoms in total. The Hall–Kier alpha value is -3.75. The van der Waals surface area contributed by atoms with Crippen LogP contribution >= 0.6 is 0 Å². The first-order valence-corrected chi connectivity index (χ1v) is 11.6. The lowest BCUT2D eigenvalue weighted by Gasteiger charge is -2.36. The predicted molar refractivity (Wildman–Crippen MR) is 121 cm³/mol. The third kappa shape index (κ3) is 4.13. The number of benzene rings is 1. The van der Waals surface area contributed by atoms with Crippen molar-refractivity contribution >= 4 is 23.6 Å². The van der Waals surface area contributed by atoms with Crippen LogP contribution in [-0.2, 0) is 20.9 Å². The van der Waals surface area contributed by atoms with Crippen molar-refractivity contribution in [3.8, 4) is 5.75 Å². The molecule has 0 aliphatic carbocycles. The number of carbonyl (C=O) groups is 4. The summed E-state index contributed by atoms with van der Waals surface area (Å²) in [5, 5.41) is 2.30. The average Bonchev–Trinajstić information content (AvgIpc) is 3.20. The van der Waals surface area contributed by atoms with E-state index in [1.54, 1.807) is 30.6 Å². The topological polar surface area (TPSA) is 109 Å². The lowest BCUT2D eigenvalue weighted by Crippen LogP contribution is -2.52. The Morgan fingerprint density at radius 3 is 2.76 bits per heavy atom. The van der Waals surface area contributed by atoms with Crippen molar-refractivity contribution in [2.45, 2.75) is 50.7 Å². The Bertz CT molecular complexity index is 1140. The van der Waals surface area contributed by atoms with Crippen molar-refractivity contribution in [3.05, 3.63) is 59.4 Å². The Labute approximate surface area is 197 Å². The number of nitrogens with one attached hydrogen (secondary N) is 1. The number of aromatic nitrogens is 1. The normalized spacial score (nSPS) is 22.4. The van der Waals surface area contributed by atoms with E-state index in [1.165, 1.54) is 4.90 Å². The smallest absolute Gasteiger partial charge is 0.261 e. The standard InChI is InChI=1S/C25H26N4O5/c30-22-10-9-20(24(32)27-22)29-14-18-17(25(29)33)6-3-8-21(18)34-15-23(31)28-12-2-1-7-19(28)16-5-4-11-26-13-16/h3-6,8,11,13,19-20H,1-2,7,9-10,12,14-15H2,(H,27,30,32)/t19-,20?/m0/s1. The van der Waals surface area contributed by atoms with Gasteiger partial charge in [0, 0.05) is 36.5 Å². The summed E-state index contributed by atoms with van der Waals surface area (Å²) >= 11 is 0. The number of piperidine rings is 2. The molecule has 4 amide bonds. The minimum Gasteiger partial charge on any atom is -0.483 e. The molecule has 2 aromatic rings. The highest BCUT2D eigenvalue weighted by atomic mass is 16.5. The number of amides is 4. The second kappa shape index (κ2) is 9.24. The van der Waals surface area contributed by atoms with Gasteiger partial charge in [0.05, 0.1) is 12.6 Å². The molecule has 5 rings (SSSR count). The van der Waals surface area contributed by atoms with Crippen LogP contribution in [0.1, 0.15) is 59.6 Å². The van der Waals surface area contributed by atoms with Crippen LogP contribution in [0.5, 0.6) is 5.75 Å². The average molecular weight is 463 g/mol. The highest BCUT2D eigenvalue weighted by molar-refractivity contribution is 6.05. The van der Waals surface area contributed by atoms with Gasteiger partial charge in [-0.3, -0.25) is 29.5 Å². The van der Waals surface area contributed by atoms with E-state index in [9.17, 15) is 19.2 Å². The van der Waals surface area contributed by atoms with Gasteiger partial charge in [-0.15, -0.1) is 0 Å². The molecule has 0 bridgehead atoms. The maximum atomic E-state index is 13.1. The van der Waals surface area contributed by atoms with Gasteiger partial charge in [-0.25, -0.2) is 0 Å². The number of carbonyl (C=O) groups excluding carboxylic acids is 4. The van der Waals surface area contributed by atoms with E-state index in [0.29, 0.717) is 29.8 Å². The van der Waals surface area contributed by atoms with Gasteiger partial charge < -0.3 is 14.5 Å². The molecule has 4 heterocycles. The highest BCUT2D eigenvalue weighted by Crippen LogP contribution is 2.34. The van der Waals surface area contributed by atoms with Crippen LogP contribution < -0.4 is 10.1 Å². The van der Waals surface area contributed by atoms with Gasteiger partial charge in [0.2, 0.25) is 11.8 Å². The summed E-state index contributed by atoms with van der Waals surface area (Å²) in [7, 11) is 0. The van der Waals surface area contributed by atoms with Gasteiger partial charge in [-0.1, -0.05) is 12.1 Å². The molecule has 1 N–H and O–H groups in total. The van der Waals surface area contributed by atoms with Crippen molar-refractivity contribution in [2.24, 2.45) is 0 Å². The third-order valence-corrected chi connectivity index (χ3v) is 6.78. The number of fused-ring (bicyclic) bond motifs is 1. The van der Waals surface area contributed by atoms with Crippen LogP contribution in [0.4, 0.5) is 0 Å². The molecule has 2 fully saturated rings. The zero-order valence-electron chi connectivity index (χ0n) is 18.7. The molecule has 0 spiro atoms. The summed E-state index contributed by atoms with van der Waals surface area (Å²) in [5.74, 6) is -0.702. The molecule has 1 unspecified atom stereocenters. The van der Waals surface area contributed by atoms with Crippen molar-refractivity contribution in [1.82, 2.24) is 20.1 Å². The SMILES string of the molecule is O=C1CCC(N2Cc3c(OCC(=O)N4CCCC[C@H]4c4cccnc4)cccc3C2=O)C(=O)N1. The number of rotatable bonds is 5. The second-order valence-electron chi connectivity index (χ2n) is 8.86. The fourth-order valence-corrected chi connectivity index (χ4v) is 5.06. The molecule has 176 valence electrons. The largest absolute Gasteiger partial charge is 0.483 e. The Balaban J connectivity index is 1.29. The van der Waals surface area contributed by atoms with Gasteiger partial charge in [0.25, 0.3) is 11.8 Å². The molecule has 3 aliphatic heterocycles. The molecular weight excluding hydrogens is 436 g/mol. The Kier molecular flexibility index (Phi) is 6.00. The molecule has 2 saturated heterocycles. The van der Waals surface area contributed by atoms with Crippen LogP contribution in [0.15, 0.2) is 42.7 Å². The van der Waals surface area contributed by atoms with E-state index in [0.717, 1.165) is 24.8 Å². The summed E-state index contributed by atoms with van der Waals surface area (Å²) < 4.78 is 5.94. The molecular formula is C25H26N4O5. The zero-order valence-corrected chi connectivity index (χ0v) is 18.7. The van der Waals surface area contributed by atoms with Gasteiger partial charge in [-0.2, -0.15) is 0 Å². The van der Waals surface area contributed by atoms with Gasteiger partial charge in [0.1, 0.15) is 11.8 Å². The monoisotopic (exact) mass is 462 g/mol. The van der Waals surface area contributed by atoms with Crippen LogP contribution in [0.3, 0.4) is 0 Å². The summed E-state index contributed by atoms with van der Waals surface area (Å²) in [6, 6.07) is 8.29. The minimum absolute atomic E-state index is 0.0235. The predicted octanol–water partition coefficient (Wildman–Crippen LogP) is 1.98. The molecule has 3 aliphatic rings. The highest BCUT2D eigenvalue weighted by Gasteiger charge is 2.40. The zero-order chi connectivity index (χ0) is 23.7. The molecule has 0 saturated carbocycles. The van der Waals surface area contributed by atoms with E-state index in [1.807, 2.05) is 17.0 Å².